The number of hydrogen-bond donors (Lipinski definition) is 1. The molecule has 0 unspecified atom stereocenters. The minimum Gasteiger partial charge on any atom is -0.321 e. The highest BCUT2D eigenvalue weighted by Crippen LogP contribution is 2.27. The van der Waals surface area contributed by atoms with Crippen LogP contribution in [0.5, 0.6) is 0 Å². The van der Waals surface area contributed by atoms with Crippen molar-refractivity contribution in [3.63, 3.8) is 0 Å². The standard InChI is InChI=1S/C13H16BrNO/c1-8(2)5-12(16)15-13-10(4)6-9(3)7-11(13)14/h5-7H,1-4H3,(H,15,16). The zero-order valence-electron chi connectivity index (χ0n) is 10.0. The molecule has 0 aliphatic heterocycles. The predicted molar refractivity (Wildman–Crippen MR) is 71.7 cm³/mol. The van der Waals surface area contributed by atoms with Crippen molar-refractivity contribution in [1.29, 1.82) is 0 Å². The van der Waals surface area contributed by atoms with E-state index in [9.17, 15) is 4.79 Å². The number of halogens is 1. The van der Waals surface area contributed by atoms with Crippen LogP contribution in [0.3, 0.4) is 0 Å². The van der Waals surface area contributed by atoms with E-state index in [0.29, 0.717) is 0 Å². The van der Waals surface area contributed by atoms with E-state index in [2.05, 4.69) is 21.2 Å². The SMILES string of the molecule is CC(C)=CC(=O)Nc1c(C)cc(C)cc1Br. The Morgan fingerprint density at radius 1 is 1.31 bits per heavy atom. The van der Waals surface area contributed by atoms with E-state index in [4.69, 9.17) is 0 Å². The second-order valence-corrected chi connectivity index (χ2v) is 5.00. The van der Waals surface area contributed by atoms with Crippen LogP contribution in [-0.2, 0) is 4.79 Å². The molecule has 0 spiro atoms. The van der Waals surface area contributed by atoms with Crippen molar-refractivity contribution in [3.05, 3.63) is 39.4 Å². The van der Waals surface area contributed by atoms with Gasteiger partial charge in [0.25, 0.3) is 0 Å². The molecule has 0 aliphatic rings. The minimum atomic E-state index is -0.0901. The summed E-state index contributed by atoms with van der Waals surface area (Å²) in [6, 6.07) is 4.04. The number of hydrogen-bond acceptors (Lipinski definition) is 1. The molecule has 16 heavy (non-hydrogen) atoms. The summed E-state index contributed by atoms with van der Waals surface area (Å²) in [7, 11) is 0. The third-order valence-electron chi connectivity index (χ3n) is 2.10. The summed E-state index contributed by atoms with van der Waals surface area (Å²) in [4.78, 5) is 11.6. The molecule has 0 fully saturated rings. The zero-order chi connectivity index (χ0) is 12.3. The first-order chi connectivity index (χ1) is 7.40. The fourth-order valence-electron chi connectivity index (χ4n) is 1.50. The number of anilines is 1. The molecule has 1 aromatic carbocycles. The third-order valence-corrected chi connectivity index (χ3v) is 2.73. The molecule has 0 saturated carbocycles. The maximum Gasteiger partial charge on any atom is 0.248 e. The smallest absolute Gasteiger partial charge is 0.248 e. The molecule has 1 N–H and O–H groups in total. The van der Waals surface area contributed by atoms with Gasteiger partial charge in [-0.15, -0.1) is 0 Å². The van der Waals surface area contributed by atoms with Gasteiger partial charge in [0.15, 0.2) is 0 Å². The maximum atomic E-state index is 11.6. The fraction of sp³-hybridized carbons (Fsp3) is 0.308. The summed E-state index contributed by atoms with van der Waals surface area (Å²) in [5.41, 5.74) is 4.05. The lowest BCUT2D eigenvalue weighted by atomic mass is 10.1. The van der Waals surface area contributed by atoms with Crippen LogP contribution in [0.15, 0.2) is 28.3 Å². The van der Waals surface area contributed by atoms with Gasteiger partial charge < -0.3 is 5.32 Å². The topological polar surface area (TPSA) is 29.1 Å². The summed E-state index contributed by atoms with van der Waals surface area (Å²) in [5, 5.41) is 2.87. The van der Waals surface area contributed by atoms with Gasteiger partial charge in [-0.25, -0.2) is 0 Å². The Morgan fingerprint density at radius 3 is 2.44 bits per heavy atom. The monoisotopic (exact) mass is 281 g/mol. The average Bonchev–Trinajstić information content (AvgIpc) is 2.09. The van der Waals surface area contributed by atoms with Crippen LogP contribution >= 0.6 is 15.9 Å². The maximum absolute atomic E-state index is 11.6. The highest BCUT2D eigenvalue weighted by Gasteiger charge is 2.07. The molecule has 1 amide bonds. The van der Waals surface area contributed by atoms with Gasteiger partial charge in [0.05, 0.1) is 5.69 Å². The second-order valence-electron chi connectivity index (χ2n) is 4.15. The van der Waals surface area contributed by atoms with Crippen LogP contribution in [0, 0.1) is 13.8 Å². The van der Waals surface area contributed by atoms with E-state index >= 15 is 0 Å². The van der Waals surface area contributed by atoms with E-state index in [-0.39, 0.29) is 5.91 Å². The fourth-order valence-corrected chi connectivity index (χ4v) is 2.27. The average molecular weight is 282 g/mol. The van der Waals surface area contributed by atoms with E-state index < -0.39 is 0 Å². The summed E-state index contributed by atoms with van der Waals surface area (Å²) in [6.07, 6.45) is 1.59. The quantitative estimate of drug-likeness (QED) is 0.817. The van der Waals surface area contributed by atoms with Crippen molar-refractivity contribution in [2.24, 2.45) is 0 Å². The predicted octanol–water partition coefficient (Wildman–Crippen LogP) is 3.97. The molecule has 0 aromatic heterocycles. The summed E-state index contributed by atoms with van der Waals surface area (Å²) >= 11 is 3.46. The molecule has 0 heterocycles. The lowest BCUT2D eigenvalue weighted by Gasteiger charge is -2.10. The Kier molecular flexibility index (Phi) is 4.30. The largest absolute Gasteiger partial charge is 0.321 e. The molecule has 1 rings (SSSR count). The van der Waals surface area contributed by atoms with E-state index in [1.54, 1.807) is 6.08 Å². The van der Waals surface area contributed by atoms with Crippen molar-refractivity contribution in [2.45, 2.75) is 27.7 Å². The number of carbonyl (C=O) groups is 1. The second kappa shape index (κ2) is 5.30. The number of carbonyl (C=O) groups excluding carboxylic acids is 1. The van der Waals surface area contributed by atoms with Gasteiger partial charge in [-0.2, -0.15) is 0 Å². The molecule has 3 heteroatoms. The first-order valence-corrected chi connectivity index (χ1v) is 5.92. The van der Waals surface area contributed by atoms with Crippen molar-refractivity contribution in [2.75, 3.05) is 5.32 Å². The molecule has 0 atom stereocenters. The van der Waals surface area contributed by atoms with Crippen LogP contribution < -0.4 is 5.32 Å². The number of nitrogens with one attached hydrogen (secondary N) is 1. The highest BCUT2D eigenvalue weighted by atomic mass is 79.9. The molecule has 1 aromatic rings. The minimum absolute atomic E-state index is 0.0901. The summed E-state index contributed by atoms with van der Waals surface area (Å²) in [5.74, 6) is -0.0901. The molecule has 0 bridgehead atoms. The van der Waals surface area contributed by atoms with Crippen molar-refractivity contribution in [1.82, 2.24) is 0 Å². The van der Waals surface area contributed by atoms with Gasteiger partial charge in [-0.1, -0.05) is 11.6 Å². The Balaban J connectivity index is 2.98. The Bertz CT molecular complexity index is 422. The molecular weight excluding hydrogens is 266 g/mol. The first-order valence-electron chi connectivity index (χ1n) is 5.13. The molecular formula is C13H16BrNO. The Hall–Kier alpha value is -1.09. The number of amides is 1. The Morgan fingerprint density at radius 2 is 1.94 bits per heavy atom. The van der Waals surface area contributed by atoms with Gasteiger partial charge in [-0.05, 0) is 60.8 Å². The van der Waals surface area contributed by atoms with Crippen LogP contribution in [-0.4, -0.2) is 5.91 Å². The van der Waals surface area contributed by atoms with Crippen LogP contribution in [0.25, 0.3) is 0 Å². The van der Waals surface area contributed by atoms with Crippen LogP contribution in [0.4, 0.5) is 5.69 Å². The van der Waals surface area contributed by atoms with Gasteiger partial charge in [0.2, 0.25) is 5.91 Å². The van der Waals surface area contributed by atoms with Crippen LogP contribution in [0.2, 0.25) is 0 Å². The van der Waals surface area contributed by atoms with Crippen LogP contribution in [0.1, 0.15) is 25.0 Å². The molecule has 2 nitrogen and oxygen atoms in total. The normalized spacial score (nSPS) is 9.81. The number of rotatable bonds is 2. The van der Waals surface area contributed by atoms with Gasteiger partial charge >= 0.3 is 0 Å². The number of aryl methyl sites for hydroxylation is 2. The van der Waals surface area contributed by atoms with Crippen molar-refractivity contribution >= 4 is 27.5 Å². The lowest BCUT2D eigenvalue weighted by Crippen LogP contribution is -2.10. The first kappa shape index (κ1) is 13.0. The van der Waals surface area contributed by atoms with Gasteiger partial charge in [0, 0.05) is 10.5 Å². The molecule has 0 aliphatic carbocycles. The number of allylic oxidation sites excluding steroid dienone is 1. The third kappa shape index (κ3) is 3.49. The molecule has 0 saturated heterocycles. The van der Waals surface area contributed by atoms with E-state index in [1.807, 2.05) is 39.8 Å². The number of benzene rings is 1. The molecule has 86 valence electrons. The highest BCUT2D eigenvalue weighted by molar-refractivity contribution is 9.10. The molecule has 0 radical (unpaired) electrons. The summed E-state index contributed by atoms with van der Waals surface area (Å²) < 4.78 is 0.917. The lowest BCUT2D eigenvalue weighted by molar-refractivity contribution is -0.112. The van der Waals surface area contributed by atoms with E-state index in [1.165, 1.54) is 5.56 Å². The van der Waals surface area contributed by atoms with Crippen molar-refractivity contribution < 1.29 is 4.79 Å². The Labute approximate surface area is 105 Å². The zero-order valence-corrected chi connectivity index (χ0v) is 11.6. The summed E-state index contributed by atoms with van der Waals surface area (Å²) in [6.45, 7) is 7.81. The van der Waals surface area contributed by atoms with Gasteiger partial charge in [-0.3, -0.25) is 4.79 Å². The van der Waals surface area contributed by atoms with Gasteiger partial charge in [0.1, 0.15) is 0 Å². The van der Waals surface area contributed by atoms with Crippen molar-refractivity contribution in [3.8, 4) is 0 Å². The van der Waals surface area contributed by atoms with E-state index in [0.717, 1.165) is 21.3 Å².